The van der Waals surface area contributed by atoms with E-state index in [1.807, 2.05) is 37.3 Å². The molecule has 2 aromatic carbocycles. The first-order valence-electron chi connectivity index (χ1n) is 9.14. The summed E-state index contributed by atoms with van der Waals surface area (Å²) in [6, 6.07) is 16.4. The molecule has 4 nitrogen and oxygen atoms in total. The first-order chi connectivity index (χ1) is 14.5. The third-order valence-corrected chi connectivity index (χ3v) is 6.60. The number of amides is 1. The van der Waals surface area contributed by atoms with E-state index in [9.17, 15) is 4.79 Å². The molecule has 0 radical (unpaired) electrons. The number of aliphatic imine (C=N–C) groups is 1. The fourth-order valence-electron chi connectivity index (χ4n) is 2.58. The van der Waals surface area contributed by atoms with Crippen LogP contribution in [-0.4, -0.2) is 22.4 Å². The lowest BCUT2D eigenvalue weighted by Gasteiger charge is -2.16. The number of pyridine rings is 1. The number of carbonyl (C=O) groups is 1. The van der Waals surface area contributed by atoms with Gasteiger partial charge in [-0.25, -0.2) is 4.98 Å². The number of nitrogens with zero attached hydrogens (tertiary/aromatic N) is 2. The predicted molar refractivity (Wildman–Crippen MR) is 128 cm³/mol. The van der Waals surface area contributed by atoms with E-state index in [-0.39, 0.29) is 11.2 Å². The van der Waals surface area contributed by atoms with Crippen LogP contribution in [0.25, 0.3) is 0 Å². The van der Waals surface area contributed by atoms with Gasteiger partial charge < -0.3 is 5.32 Å². The summed E-state index contributed by atoms with van der Waals surface area (Å²) in [7, 11) is 0. The van der Waals surface area contributed by atoms with Crippen molar-refractivity contribution in [1.29, 1.82) is 0 Å². The molecule has 30 heavy (non-hydrogen) atoms. The van der Waals surface area contributed by atoms with Crippen molar-refractivity contribution in [2.75, 3.05) is 5.32 Å². The summed E-state index contributed by atoms with van der Waals surface area (Å²) in [5, 5.41) is 3.69. The van der Waals surface area contributed by atoms with E-state index in [0.717, 1.165) is 16.1 Å². The Hall–Kier alpha value is -2.05. The molecule has 0 saturated carbocycles. The van der Waals surface area contributed by atoms with Crippen LogP contribution in [0.1, 0.15) is 18.9 Å². The van der Waals surface area contributed by atoms with Crippen LogP contribution >= 0.6 is 46.6 Å². The number of thioether (sulfide) groups is 1. The molecule has 1 heterocycles. The topological polar surface area (TPSA) is 54.4 Å². The molecular formula is C22H18Cl3N3OS. The number of anilines is 1. The first kappa shape index (κ1) is 22.6. The lowest BCUT2D eigenvalue weighted by molar-refractivity contribution is -0.115. The second-order valence-corrected chi connectivity index (χ2v) is 8.66. The molecule has 0 aliphatic carbocycles. The van der Waals surface area contributed by atoms with Gasteiger partial charge in [-0.05, 0) is 48.9 Å². The van der Waals surface area contributed by atoms with Gasteiger partial charge in [-0.15, -0.1) is 11.8 Å². The summed E-state index contributed by atoms with van der Waals surface area (Å²) >= 11 is 19.7. The van der Waals surface area contributed by atoms with Crippen LogP contribution in [0.4, 0.5) is 11.4 Å². The van der Waals surface area contributed by atoms with Crippen molar-refractivity contribution in [3.05, 3.63) is 81.6 Å². The van der Waals surface area contributed by atoms with Crippen LogP contribution in [0.5, 0.6) is 0 Å². The minimum Gasteiger partial charge on any atom is -0.324 e. The van der Waals surface area contributed by atoms with E-state index in [1.54, 1.807) is 36.7 Å². The third-order valence-electron chi connectivity index (χ3n) is 4.11. The molecule has 0 spiro atoms. The van der Waals surface area contributed by atoms with Crippen LogP contribution in [0.15, 0.2) is 70.7 Å². The highest BCUT2D eigenvalue weighted by atomic mass is 35.5. The van der Waals surface area contributed by atoms with E-state index in [4.69, 9.17) is 34.8 Å². The van der Waals surface area contributed by atoms with Gasteiger partial charge in [0, 0.05) is 22.9 Å². The highest BCUT2D eigenvalue weighted by Gasteiger charge is 2.19. The second-order valence-electron chi connectivity index (χ2n) is 6.24. The number of nitrogens with one attached hydrogen (secondary N) is 1. The summed E-state index contributed by atoms with van der Waals surface area (Å²) in [4.78, 5) is 22.2. The molecule has 154 valence electrons. The molecule has 1 N–H and O–H groups in total. The van der Waals surface area contributed by atoms with Crippen molar-refractivity contribution in [3.63, 3.8) is 0 Å². The number of rotatable bonds is 7. The van der Waals surface area contributed by atoms with Crippen LogP contribution in [-0.2, 0) is 4.79 Å². The fourth-order valence-corrected chi connectivity index (χ4v) is 4.10. The maximum Gasteiger partial charge on any atom is 0.237 e. The summed E-state index contributed by atoms with van der Waals surface area (Å²) in [6.07, 6.45) is 3.95. The van der Waals surface area contributed by atoms with Crippen molar-refractivity contribution in [3.8, 4) is 0 Å². The van der Waals surface area contributed by atoms with Crippen LogP contribution < -0.4 is 5.32 Å². The van der Waals surface area contributed by atoms with Gasteiger partial charge in [0.25, 0.3) is 0 Å². The zero-order chi connectivity index (χ0) is 21.5. The van der Waals surface area contributed by atoms with Crippen molar-refractivity contribution in [1.82, 2.24) is 4.98 Å². The van der Waals surface area contributed by atoms with Gasteiger partial charge in [0.05, 0.1) is 26.7 Å². The van der Waals surface area contributed by atoms with Crippen LogP contribution in [0, 0.1) is 0 Å². The van der Waals surface area contributed by atoms with Gasteiger partial charge in [-0.1, -0.05) is 53.9 Å². The van der Waals surface area contributed by atoms with Gasteiger partial charge in [0.1, 0.15) is 5.15 Å². The molecule has 0 fully saturated rings. The molecule has 0 aliphatic rings. The second kappa shape index (κ2) is 10.8. The van der Waals surface area contributed by atoms with Crippen molar-refractivity contribution < 1.29 is 4.79 Å². The van der Waals surface area contributed by atoms with Crippen LogP contribution in [0.2, 0.25) is 15.2 Å². The Kier molecular flexibility index (Phi) is 8.16. The molecule has 0 aliphatic heterocycles. The SMILES string of the molecule is CCC(Sc1cccc(N=Cc2cccnc2Cl)c1)C(=O)Nc1cccc(Cl)c1Cl. The molecule has 3 rings (SSSR count). The highest BCUT2D eigenvalue weighted by Crippen LogP contribution is 2.32. The Bertz CT molecular complexity index is 1070. The minimum atomic E-state index is -0.299. The number of aromatic nitrogens is 1. The van der Waals surface area contributed by atoms with Crippen molar-refractivity contribution >= 4 is 70.1 Å². The lowest BCUT2D eigenvalue weighted by Crippen LogP contribution is -2.24. The number of hydrogen-bond acceptors (Lipinski definition) is 4. The Morgan fingerprint density at radius 1 is 1.17 bits per heavy atom. The average Bonchev–Trinajstić information content (AvgIpc) is 2.75. The average molecular weight is 479 g/mol. The largest absolute Gasteiger partial charge is 0.324 e. The number of carbonyl (C=O) groups excluding carboxylic acids is 1. The molecule has 0 saturated heterocycles. The number of halogens is 3. The molecule has 1 unspecified atom stereocenters. The van der Waals surface area contributed by atoms with Gasteiger partial charge in [-0.2, -0.15) is 0 Å². The van der Waals surface area contributed by atoms with Gasteiger partial charge in [-0.3, -0.25) is 9.79 Å². The molecule has 1 amide bonds. The molecule has 0 bridgehead atoms. The maximum absolute atomic E-state index is 12.8. The van der Waals surface area contributed by atoms with E-state index < -0.39 is 0 Å². The summed E-state index contributed by atoms with van der Waals surface area (Å²) in [5.74, 6) is -0.136. The normalized spacial score (nSPS) is 12.1. The van der Waals surface area contributed by atoms with Gasteiger partial charge in [0.2, 0.25) is 5.91 Å². The molecular weight excluding hydrogens is 461 g/mol. The fraction of sp³-hybridized carbons (Fsp3) is 0.136. The molecule has 1 atom stereocenters. The molecule has 3 aromatic rings. The van der Waals surface area contributed by atoms with Gasteiger partial charge >= 0.3 is 0 Å². The van der Waals surface area contributed by atoms with E-state index in [2.05, 4.69) is 15.3 Å². The Balaban J connectivity index is 1.71. The smallest absolute Gasteiger partial charge is 0.237 e. The summed E-state index contributed by atoms with van der Waals surface area (Å²) in [6.45, 7) is 1.96. The highest BCUT2D eigenvalue weighted by molar-refractivity contribution is 8.00. The maximum atomic E-state index is 12.8. The lowest BCUT2D eigenvalue weighted by atomic mass is 10.2. The van der Waals surface area contributed by atoms with Crippen molar-refractivity contribution in [2.45, 2.75) is 23.5 Å². The van der Waals surface area contributed by atoms with E-state index >= 15 is 0 Å². The number of hydrogen-bond donors (Lipinski definition) is 1. The Morgan fingerprint density at radius 2 is 1.97 bits per heavy atom. The summed E-state index contributed by atoms with van der Waals surface area (Å²) in [5.41, 5.74) is 1.99. The van der Waals surface area contributed by atoms with E-state index in [1.165, 1.54) is 11.8 Å². The zero-order valence-electron chi connectivity index (χ0n) is 16.0. The Morgan fingerprint density at radius 3 is 2.73 bits per heavy atom. The molecule has 1 aromatic heterocycles. The molecule has 8 heteroatoms. The zero-order valence-corrected chi connectivity index (χ0v) is 19.1. The third kappa shape index (κ3) is 5.99. The van der Waals surface area contributed by atoms with Crippen molar-refractivity contribution in [2.24, 2.45) is 4.99 Å². The first-order valence-corrected chi connectivity index (χ1v) is 11.2. The summed E-state index contributed by atoms with van der Waals surface area (Å²) < 4.78 is 0. The van der Waals surface area contributed by atoms with E-state index in [0.29, 0.717) is 27.3 Å². The number of benzene rings is 2. The monoisotopic (exact) mass is 477 g/mol. The minimum absolute atomic E-state index is 0.136. The quantitative estimate of drug-likeness (QED) is 0.220. The standard InChI is InChI=1S/C22H18Cl3N3OS/c1-2-19(22(29)28-18-10-4-9-17(23)20(18)24)30-16-8-3-7-15(12-16)27-13-14-6-5-11-26-21(14)25/h3-13,19H,2H2,1H3,(H,28,29). The predicted octanol–water partition coefficient (Wildman–Crippen LogP) is 7.30. The van der Waals surface area contributed by atoms with Crippen LogP contribution in [0.3, 0.4) is 0 Å². The van der Waals surface area contributed by atoms with Gasteiger partial charge in [0.15, 0.2) is 0 Å². The Labute approximate surface area is 194 Å².